The Morgan fingerprint density at radius 2 is 1.95 bits per heavy atom. The maximum atomic E-state index is 12.3. The molecule has 0 aliphatic heterocycles. The van der Waals surface area contributed by atoms with Crippen molar-refractivity contribution in [3.8, 4) is 0 Å². The van der Waals surface area contributed by atoms with Gasteiger partial charge in [0.25, 0.3) is 9.84 Å². The molecule has 0 saturated heterocycles. The second-order valence-corrected chi connectivity index (χ2v) is 6.29. The fourth-order valence-corrected chi connectivity index (χ4v) is 2.56. The number of nitrogens with two attached hydrogens (primary N) is 1. The summed E-state index contributed by atoms with van der Waals surface area (Å²) in [5.74, 6) is -1.47. The van der Waals surface area contributed by atoms with E-state index in [1.165, 1.54) is 0 Å². The lowest BCUT2D eigenvalue weighted by Gasteiger charge is -2.10. The van der Waals surface area contributed by atoms with Crippen molar-refractivity contribution in [1.29, 1.82) is 0 Å². The number of aliphatic carboxylic acids is 1. The lowest BCUT2D eigenvalue weighted by atomic mass is 10.3. The summed E-state index contributed by atoms with van der Waals surface area (Å²) in [6, 6.07) is 2.44. The minimum absolute atomic E-state index is 0.198. The molecule has 0 atom stereocenters. The molecule has 1 aromatic rings. The molecule has 0 heterocycles. The van der Waals surface area contributed by atoms with Crippen molar-refractivity contribution in [2.24, 2.45) is 0 Å². The zero-order chi connectivity index (χ0) is 14.8. The largest absolute Gasteiger partial charge is 0.501 e. The van der Waals surface area contributed by atoms with Crippen LogP contribution in [0.15, 0.2) is 28.0 Å². The van der Waals surface area contributed by atoms with Crippen LogP contribution in [-0.2, 0) is 14.6 Å². The number of carboxylic acid groups (broad SMARTS) is 1. The van der Waals surface area contributed by atoms with Crippen LogP contribution in [0.2, 0.25) is 0 Å². The highest BCUT2D eigenvalue weighted by molar-refractivity contribution is 8.00. The Hall–Kier alpha value is -1.42. The van der Waals surface area contributed by atoms with Crippen LogP contribution < -0.4 is 5.73 Å². The SMILES string of the molecule is Nc1cc(S(=O)(=O)C(F)(F)F)ccc1SCC(=O)O. The lowest BCUT2D eigenvalue weighted by Crippen LogP contribution is -2.23. The van der Waals surface area contributed by atoms with E-state index < -0.39 is 26.2 Å². The molecule has 0 bridgehead atoms. The summed E-state index contributed by atoms with van der Waals surface area (Å²) in [6.07, 6.45) is 0. The van der Waals surface area contributed by atoms with Gasteiger partial charge in [-0.05, 0) is 18.2 Å². The lowest BCUT2D eigenvalue weighted by molar-refractivity contribution is -0.133. The van der Waals surface area contributed by atoms with Gasteiger partial charge in [-0.25, -0.2) is 8.42 Å². The summed E-state index contributed by atoms with van der Waals surface area (Å²) in [6.45, 7) is 0. The number of sulfone groups is 1. The van der Waals surface area contributed by atoms with E-state index in [-0.39, 0.29) is 16.3 Å². The average Bonchev–Trinajstić information content (AvgIpc) is 2.25. The number of hydrogen-bond acceptors (Lipinski definition) is 5. The Morgan fingerprint density at radius 3 is 2.37 bits per heavy atom. The van der Waals surface area contributed by atoms with E-state index in [1.54, 1.807) is 0 Å². The van der Waals surface area contributed by atoms with Crippen molar-refractivity contribution in [2.45, 2.75) is 15.3 Å². The minimum atomic E-state index is -5.45. The first-order valence-corrected chi connectivity index (χ1v) is 7.08. The zero-order valence-corrected chi connectivity index (χ0v) is 10.8. The van der Waals surface area contributed by atoms with Gasteiger partial charge >= 0.3 is 11.5 Å². The van der Waals surface area contributed by atoms with E-state index in [0.29, 0.717) is 6.07 Å². The van der Waals surface area contributed by atoms with Gasteiger partial charge in [-0.3, -0.25) is 4.79 Å². The summed E-state index contributed by atoms with van der Waals surface area (Å²) in [5, 5.41) is 8.45. The third-order valence-corrected chi connectivity index (χ3v) is 4.51. The van der Waals surface area contributed by atoms with E-state index in [2.05, 4.69) is 0 Å². The van der Waals surface area contributed by atoms with Crippen LogP contribution in [0.5, 0.6) is 0 Å². The Labute approximate surface area is 110 Å². The molecule has 0 unspecified atom stereocenters. The number of anilines is 1. The first-order chi connectivity index (χ1) is 8.55. The van der Waals surface area contributed by atoms with Crippen LogP contribution in [0.1, 0.15) is 0 Å². The number of thioether (sulfide) groups is 1. The third kappa shape index (κ3) is 3.53. The normalized spacial score (nSPS) is 12.4. The van der Waals surface area contributed by atoms with Crippen molar-refractivity contribution >= 4 is 33.3 Å². The summed E-state index contributed by atoms with van der Waals surface area (Å²) in [5.41, 5.74) is -0.231. The summed E-state index contributed by atoms with van der Waals surface area (Å²) in [7, 11) is -5.45. The Kier molecular flexibility index (Phi) is 4.35. The van der Waals surface area contributed by atoms with Crippen molar-refractivity contribution in [1.82, 2.24) is 0 Å². The number of alkyl halides is 3. The molecule has 106 valence electrons. The highest BCUT2D eigenvalue weighted by atomic mass is 32.2. The van der Waals surface area contributed by atoms with Crippen LogP contribution in [-0.4, -0.2) is 30.8 Å². The van der Waals surface area contributed by atoms with Gasteiger partial charge in [0.2, 0.25) is 0 Å². The fraction of sp³-hybridized carbons (Fsp3) is 0.222. The quantitative estimate of drug-likeness (QED) is 0.649. The predicted molar refractivity (Wildman–Crippen MR) is 62.5 cm³/mol. The molecule has 0 amide bonds. The molecule has 19 heavy (non-hydrogen) atoms. The Bertz CT molecular complexity index is 598. The molecule has 0 aromatic heterocycles. The molecule has 0 radical (unpaired) electrons. The first kappa shape index (κ1) is 15.6. The molecular formula is C9H8F3NO4S2. The molecule has 10 heteroatoms. The standard InChI is InChI=1S/C9H8F3NO4S2/c10-9(11,12)19(16,17)5-1-2-7(6(13)3-5)18-4-8(14)15/h1-3H,4,13H2,(H,14,15). The highest BCUT2D eigenvalue weighted by Crippen LogP contribution is 2.33. The maximum absolute atomic E-state index is 12.3. The second-order valence-electron chi connectivity index (χ2n) is 3.33. The monoisotopic (exact) mass is 315 g/mol. The van der Waals surface area contributed by atoms with Gasteiger partial charge in [-0.1, -0.05) is 0 Å². The van der Waals surface area contributed by atoms with Crippen molar-refractivity contribution in [3.05, 3.63) is 18.2 Å². The Balaban J connectivity index is 3.11. The van der Waals surface area contributed by atoms with Gasteiger partial charge in [0, 0.05) is 10.6 Å². The molecule has 0 spiro atoms. The smallest absolute Gasteiger partial charge is 0.481 e. The molecule has 3 N–H and O–H groups in total. The third-order valence-electron chi connectivity index (χ3n) is 1.95. The second kappa shape index (κ2) is 5.29. The van der Waals surface area contributed by atoms with Crippen LogP contribution >= 0.6 is 11.8 Å². The molecule has 0 aliphatic rings. The first-order valence-electron chi connectivity index (χ1n) is 4.61. The highest BCUT2D eigenvalue weighted by Gasteiger charge is 2.46. The van der Waals surface area contributed by atoms with Gasteiger partial charge in [0.1, 0.15) is 0 Å². The van der Waals surface area contributed by atoms with Crippen LogP contribution in [0.25, 0.3) is 0 Å². The van der Waals surface area contributed by atoms with Crippen molar-refractivity contribution < 1.29 is 31.5 Å². The van der Waals surface area contributed by atoms with Gasteiger partial charge in [-0.2, -0.15) is 13.2 Å². The number of halogens is 3. The topological polar surface area (TPSA) is 97.5 Å². The van der Waals surface area contributed by atoms with Gasteiger partial charge in [0.15, 0.2) is 0 Å². The summed E-state index contributed by atoms with van der Waals surface area (Å²) >= 11 is 0.781. The van der Waals surface area contributed by atoms with E-state index >= 15 is 0 Å². The van der Waals surface area contributed by atoms with E-state index in [1.807, 2.05) is 0 Å². The average molecular weight is 315 g/mol. The predicted octanol–water partition coefficient (Wildman–Crippen LogP) is 1.74. The summed E-state index contributed by atoms with van der Waals surface area (Å²) in [4.78, 5) is 9.56. The van der Waals surface area contributed by atoms with Crippen molar-refractivity contribution in [2.75, 3.05) is 11.5 Å². The number of benzene rings is 1. The van der Waals surface area contributed by atoms with Gasteiger partial charge in [-0.15, -0.1) is 11.8 Å². The fourth-order valence-electron chi connectivity index (χ4n) is 1.10. The number of rotatable bonds is 4. The number of carbonyl (C=O) groups is 1. The molecule has 0 fully saturated rings. The van der Waals surface area contributed by atoms with Crippen LogP contribution in [0.4, 0.5) is 18.9 Å². The van der Waals surface area contributed by atoms with Crippen LogP contribution in [0.3, 0.4) is 0 Å². The van der Waals surface area contributed by atoms with Crippen molar-refractivity contribution in [3.63, 3.8) is 0 Å². The molecule has 1 rings (SSSR count). The number of nitrogen functional groups attached to an aromatic ring is 1. The molecule has 1 aromatic carbocycles. The Morgan fingerprint density at radius 1 is 1.37 bits per heavy atom. The minimum Gasteiger partial charge on any atom is -0.481 e. The van der Waals surface area contributed by atoms with Crippen LogP contribution in [0, 0.1) is 0 Å². The number of carboxylic acids is 1. The van der Waals surface area contributed by atoms with E-state index in [4.69, 9.17) is 10.8 Å². The van der Waals surface area contributed by atoms with E-state index in [9.17, 15) is 26.4 Å². The molecular weight excluding hydrogens is 307 g/mol. The molecule has 0 saturated carbocycles. The zero-order valence-electron chi connectivity index (χ0n) is 9.14. The van der Waals surface area contributed by atoms with Gasteiger partial charge < -0.3 is 10.8 Å². The molecule has 0 aliphatic carbocycles. The maximum Gasteiger partial charge on any atom is 0.501 e. The molecule has 5 nitrogen and oxygen atoms in total. The van der Waals surface area contributed by atoms with Gasteiger partial charge in [0.05, 0.1) is 10.6 Å². The number of hydrogen-bond donors (Lipinski definition) is 2. The summed E-state index contributed by atoms with van der Waals surface area (Å²) < 4.78 is 59.1. The van der Waals surface area contributed by atoms with E-state index in [0.717, 1.165) is 23.9 Å².